The van der Waals surface area contributed by atoms with E-state index in [1.165, 1.54) is 11.1 Å². The van der Waals surface area contributed by atoms with Crippen molar-refractivity contribution in [2.24, 2.45) is 0 Å². The van der Waals surface area contributed by atoms with Gasteiger partial charge >= 0.3 is 8.25 Å². The number of rotatable bonds is 1. The Morgan fingerprint density at radius 3 is 2.00 bits per heavy atom. The summed E-state index contributed by atoms with van der Waals surface area (Å²) in [5.74, 6) is 0. The van der Waals surface area contributed by atoms with Crippen LogP contribution in [0.2, 0.25) is 0 Å². The van der Waals surface area contributed by atoms with Gasteiger partial charge in [0.15, 0.2) is 0 Å². The van der Waals surface area contributed by atoms with Gasteiger partial charge in [0.1, 0.15) is 0 Å². The van der Waals surface area contributed by atoms with Crippen molar-refractivity contribution in [1.82, 2.24) is 0 Å². The third-order valence-electron chi connectivity index (χ3n) is 1.25. The van der Waals surface area contributed by atoms with Crippen molar-refractivity contribution >= 4 is 14.3 Å². The summed E-state index contributed by atoms with van der Waals surface area (Å²) in [5.41, 5.74) is 2.62. The van der Waals surface area contributed by atoms with Crippen LogP contribution in [0.3, 0.4) is 0 Å². The van der Waals surface area contributed by atoms with Gasteiger partial charge in [-0.05, 0) is 19.4 Å². The lowest BCUT2D eigenvalue weighted by Gasteiger charge is -1.91. The minimum Gasteiger partial charge on any atom is -0.326 e. The first-order chi connectivity index (χ1) is 6.52. The standard InChI is InChI=1S/C10H12.H3O3P/c1-9(2)8-10-6-4-3-5-7-10;1-4(2)3/h3-8H,1-2H3;4H,(H2,1,2,3). The molecule has 0 aliphatic carbocycles. The maximum absolute atomic E-state index is 8.74. The second kappa shape index (κ2) is 7.51. The summed E-state index contributed by atoms with van der Waals surface area (Å²) in [7, 11) is -3.13. The molecule has 14 heavy (non-hydrogen) atoms. The molecule has 0 heterocycles. The van der Waals surface area contributed by atoms with Crippen molar-refractivity contribution in [3.8, 4) is 0 Å². The summed E-state index contributed by atoms with van der Waals surface area (Å²) < 4.78 is 8.74. The van der Waals surface area contributed by atoms with Crippen LogP contribution in [0, 0.1) is 0 Å². The predicted octanol–water partition coefficient (Wildman–Crippen LogP) is 2.47. The highest BCUT2D eigenvalue weighted by Crippen LogP contribution is 2.04. The number of benzene rings is 1. The quantitative estimate of drug-likeness (QED) is 0.706. The lowest BCUT2D eigenvalue weighted by molar-refractivity contribution is 0.405. The zero-order valence-corrected chi connectivity index (χ0v) is 9.27. The minimum absolute atomic E-state index is 1.28. The van der Waals surface area contributed by atoms with Gasteiger partial charge in [-0.1, -0.05) is 42.0 Å². The van der Waals surface area contributed by atoms with Crippen molar-refractivity contribution in [2.45, 2.75) is 13.8 Å². The van der Waals surface area contributed by atoms with Gasteiger partial charge in [-0.2, -0.15) is 0 Å². The van der Waals surface area contributed by atoms with Crippen LogP contribution in [-0.2, 0) is 4.57 Å². The molecule has 0 aromatic heterocycles. The van der Waals surface area contributed by atoms with Gasteiger partial charge in [-0.15, -0.1) is 0 Å². The third kappa shape index (κ3) is 9.20. The van der Waals surface area contributed by atoms with E-state index in [0.717, 1.165) is 0 Å². The molecule has 0 aliphatic heterocycles. The van der Waals surface area contributed by atoms with E-state index in [9.17, 15) is 0 Å². The molecule has 4 heteroatoms. The summed E-state index contributed by atoms with van der Waals surface area (Å²) in [5, 5.41) is 0. The normalized spacial score (nSPS) is 8.93. The molecule has 1 aromatic carbocycles. The number of hydrogen-bond acceptors (Lipinski definition) is 1. The molecule has 0 saturated heterocycles. The Morgan fingerprint density at radius 1 is 1.21 bits per heavy atom. The Balaban J connectivity index is 0.000000364. The van der Waals surface area contributed by atoms with Crippen LogP contribution in [0.25, 0.3) is 6.08 Å². The second-order valence-electron chi connectivity index (χ2n) is 2.91. The zero-order valence-electron chi connectivity index (χ0n) is 8.27. The van der Waals surface area contributed by atoms with Gasteiger partial charge in [0, 0.05) is 0 Å². The lowest BCUT2D eigenvalue weighted by Crippen LogP contribution is -1.69. The summed E-state index contributed by atoms with van der Waals surface area (Å²) in [6.45, 7) is 4.21. The van der Waals surface area contributed by atoms with Crippen LogP contribution in [0.1, 0.15) is 19.4 Å². The number of allylic oxidation sites excluding steroid dienone is 1. The topological polar surface area (TPSA) is 57.5 Å². The van der Waals surface area contributed by atoms with E-state index in [1.807, 2.05) is 6.07 Å². The average molecular weight is 214 g/mol. The summed E-state index contributed by atoms with van der Waals surface area (Å²) in [6, 6.07) is 10.3. The molecule has 78 valence electrons. The molecule has 0 aliphatic rings. The summed E-state index contributed by atoms with van der Waals surface area (Å²) in [6.07, 6.45) is 2.17. The average Bonchev–Trinajstić information content (AvgIpc) is 2.03. The molecule has 0 fully saturated rings. The maximum atomic E-state index is 8.74. The fraction of sp³-hybridized carbons (Fsp3) is 0.200. The van der Waals surface area contributed by atoms with Gasteiger partial charge in [-0.25, -0.2) is 0 Å². The van der Waals surface area contributed by atoms with Gasteiger partial charge in [0.2, 0.25) is 0 Å². The van der Waals surface area contributed by atoms with Crippen LogP contribution in [-0.4, -0.2) is 9.79 Å². The molecule has 3 nitrogen and oxygen atoms in total. The predicted molar refractivity (Wildman–Crippen MR) is 59.2 cm³/mol. The van der Waals surface area contributed by atoms with Crippen LogP contribution >= 0.6 is 8.25 Å². The molecule has 0 spiro atoms. The van der Waals surface area contributed by atoms with E-state index < -0.39 is 8.25 Å². The van der Waals surface area contributed by atoms with Gasteiger partial charge in [0.25, 0.3) is 0 Å². The van der Waals surface area contributed by atoms with Crippen LogP contribution < -0.4 is 0 Å². The van der Waals surface area contributed by atoms with Crippen molar-refractivity contribution in [1.29, 1.82) is 0 Å². The molecule has 0 amide bonds. The highest BCUT2D eigenvalue weighted by atomic mass is 31.1. The van der Waals surface area contributed by atoms with Crippen molar-refractivity contribution in [2.75, 3.05) is 0 Å². The number of hydrogen-bond donors (Lipinski definition) is 2. The molecule has 0 atom stereocenters. The summed E-state index contributed by atoms with van der Waals surface area (Å²) >= 11 is 0. The van der Waals surface area contributed by atoms with Crippen LogP contribution in [0.5, 0.6) is 0 Å². The molecular formula is C10H15O3P. The van der Waals surface area contributed by atoms with Crippen molar-refractivity contribution < 1.29 is 14.4 Å². The highest BCUT2D eigenvalue weighted by Gasteiger charge is 1.82. The molecule has 2 N–H and O–H groups in total. The summed E-state index contributed by atoms with van der Waals surface area (Å²) in [4.78, 5) is 14.3. The van der Waals surface area contributed by atoms with Gasteiger partial charge < -0.3 is 9.79 Å². The maximum Gasteiger partial charge on any atom is 0.314 e. The Morgan fingerprint density at radius 2 is 1.64 bits per heavy atom. The van der Waals surface area contributed by atoms with E-state index in [4.69, 9.17) is 14.4 Å². The van der Waals surface area contributed by atoms with Crippen molar-refractivity contribution in [3.63, 3.8) is 0 Å². The second-order valence-corrected chi connectivity index (χ2v) is 3.48. The van der Waals surface area contributed by atoms with Gasteiger partial charge in [0.05, 0.1) is 0 Å². The smallest absolute Gasteiger partial charge is 0.314 e. The molecule has 0 bridgehead atoms. The molecular weight excluding hydrogens is 199 g/mol. The first kappa shape index (κ1) is 13.1. The fourth-order valence-corrected chi connectivity index (χ4v) is 0.883. The molecule has 0 saturated carbocycles. The Hall–Kier alpha value is -0.890. The third-order valence-corrected chi connectivity index (χ3v) is 1.25. The van der Waals surface area contributed by atoms with Crippen LogP contribution in [0.4, 0.5) is 0 Å². The molecule has 0 radical (unpaired) electrons. The monoisotopic (exact) mass is 214 g/mol. The van der Waals surface area contributed by atoms with E-state index >= 15 is 0 Å². The van der Waals surface area contributed by atoms with E-state index in [2.05, 4.69) is 44.2 Å². The first-order valence-electron chi connectivity index (χ1n) is 4.14. The Kier molecular flexibility index (Phi) is 7.03. The SMILES string of the molecule is CC(C)=Cc1ccccc1.O=[PH](O)O. The molecule has 1 rings (SSSR count). The fourth-order valence-electron chi connectivity index (χ4n) is 0.883. The van der Waals surface area contributed by atoms with Crippen molar-refractivity contribution in [3.05, 3.63) is 41.5 Å². The van der Waals surface area contributed by atoms with Crippen LogP contribution in [0.15, 0.2) is 35.9 Å². The Labute approximate surface area is 84.7 Å². The lowest BCUT2D eigenvalue weighted by atomic mass is 10.2. The zero-order chi connectivity index (χ0) is 11.0. The highest BCUT2D eigenvalue weighted by molar-refractivity contribution is 7.30. The minimum atomic E-state index is -3.13. The molecule has 0 unspecified atom stereocenters. The van der Waals surface area contributed by atoms with E-state index in [1.54, 1.807) is 0 Å². The van der Waals surface area contributed by atoms with Gasteiger partial charge in [-0.3, -0.25) is 4.57 Å². The van der Waals surface area contributed by atoms with E-state index in [-0.39, 0.29) is 0 Å². The largest absolute Gasteiger partial charge is 0.326 e. The molecule has 1 aromatic rings. The van der Waals surface area contributed by atoms with E-state index in [0.29, 0.717) is 0 Å². The Bertz CT molecular complexity index is 298. The first-order valence-corrected chi connectivity index (χ1v) is 5.44.